The smallest absolute Gasteiger partial charge is 0.301 e. The molecule has 1 fully saturated rings. The number of nitrogens with zero attached hydrogens (tertiary/aromatic N) is 2. The van der Waals surface area contributed by atoms with E-state index in [4.69, 9.17) is 9.47 Å². The molecule has 192 valence electrons. The maximum absolute atomic E-state index is 13.5. The molecule has 6 rings (SSSR count). The van der Waals surface area contributed by atoms with E-state index >= 15 is 0 Å². The maximum atomic E-state index is 13.5. The monoisotopic (exact) mass is 590 g/mol. The van der Waals surface area contributed by atoms with Crippen LogP contribution in [0, 0.1) is 0 Å². The minimum absolute atomic E-state index is 0.0264. The summed E-state index contributed by atoms with van der Waals surface area (Å²) in [6.07, 6.45) is 0.745. The number of carbonyl (C=O) groups is 2. The molecule has 1 aromatic heterocycles. The molecule has 2 atom stereocenters. The molecule has 0 bridgehead atoms. The highest BCUT2D eigenvalue weighted by Crippen LogP contribution is 2.45. The minimum Gasteiger partial charge on any atom is -0.507 e. The molecule has 4 aromatic rings. The van der Waals surface area contributed by atoms with Gasteiger partial charge in [0, 0.05) is 16.5 Å². The van der Waals surface area contributed by atoms with Crippen molar-refractivity contribution in [3.63, 3.8) is 0 Å². The van der Waals surface area contributed by atoms with Gasteiger partial charge in [-0.15, -0.1) is 0 Å². The number of rotatable bonds is 5. The Hall–Kier alpha value is -3.69. The van der Waals surface area contributed by atoms with E-state index in [1.807, 2.05) is 62.4 Å². The summed E-state index contributed by atoms with van der Waals surface area (Å²) in [5.74, 6) is -0.242. The standard InChI is InChI=1S/C29H23BrN2O5S/c1-3-36-20-9-10-21-23(14-20)38-29(31-21)32-25(16-4-7-19(30)8-5-16)24(27(34)28(32)35)26(33)17-6-11-22-18(13-17)12-15(2)37-22/h4-11,13-15,25,33H,3,12H2,1-2H3/b26-24+. The molecule has 0 spiro atoms. The fraction of sp³-hybridized carbons (Fsp3) is 0.207. The van der Waals surface area contributed by atoms with Gasteiger partial charge in [0.25, 0.3) is 5.78 Å². The lowest BCUT2D eigenvalue weighted by atomic mass is 9.94. The molecule has 9 heteroatoms. The Balaban J connectivity index is 1.50. The average Bonchev–Trinajstić information content (AvgIpc) is 3.56. The predicted molar refractivity (Wildman–Crippen MR) is 150 cm³/mol. The van der Waals surface area contributed by atoms with Gasteiger partial charge in [-0.2, -0.15) is 0 Å². The number of halogens is 1. The average molecular weight is 591 g/mol. The lowest BCUT2D eigenvalue weighted by Gasteiger charge is -2.23. The van der Waals surface area contributed by atoms with E-state index in [0.717, 1.165) is 20.5 Å². The summed E-state index contributed by atoms with van der Waals surface area (Å²) in [5, 5.41) is 11.9. The van der Waals surface area contributed by atoms with E-state index in [1.54, 1.807) is 12.1 Å². The summed E-state index contributed by atoms with van der Waals surface area (Å²) in [6, 6.07) is 17.4. The van der Waals surface area contributed by atoms with Gasteiger partial charge in [-0.1, -0.05) is 39.4 Å². The lowest BCUT2D eigenvalue weighted by Crippen LogP contribution is -2.29. The van der Waals surface area contributed by atoms with Gasteiger partial charge in [0.05, 0.1) is 28.4 Å². The van der Waals surface area contributed by atoms with Gasteiger partial charge in [-0.05, 0) is 73.5 Å². The molecule has 2 unspecified atom stereocenters. The van der Waals surface area contributed by atoms with Crippen LogP contribution < -0.4 is 14.4 Å². The van der Waals surface area contributed by atoms with Crippen LogP contribution in [0.15, 0.2) is 70.7 Å². The molecule has 1 saturated heterocycles. The van der Waals surface area contributed by atoms with E-state index < -0.39 is 17.7 Å². The quantitative estimate of drug-likeness (QED) is 0.164. The molecule has 38 heavy (non-hydrogen) atoms. The number of aromatic nitrogens is 1. The van der Waals surface area contributed by atoms with Gasteiger partial charge in [0.2, 0.25) is 0 Å². The Morgan fingerprint density at radius 1 is 1.16 bits per heavy atom. The molecule has 0 radical (unpaired) electrons. The van der Waals surface area contributed by atoms with Crippen molar-refractivity contribution in [3.05, 3.63) is 87.4 Å². The van der Waals surface area contributed by atoms with Gasteiger partial charge >= 0.3 is 5.91 Å². The van der Waals surface area contributed by atoms with Crippen LogP contribution in [0.1, 0.15) is 36.6 Å². The van der Waals surface area contributed by atoms with Crippen molar-refractivity contribution in [3.8, 4) is 11.5 Å². The molecule has 0 aliphatic carbocycles. The minimum atomic E-state index is -0.849. The van der Waals surface area contributed by atoms with Gasteiger partial charge in [0.1, 0.15) is 23.4 Å². The molecule has 1 amide bonds. The van der Waals surface area contributed by atoms with Crippen molar-refractivity contribution in [2.75, 3.05) is 11.5 Å². The number of Topliss-reactive ketones (excluding diaryl/α,β-unsaturated/α-hetero) is 1. The molecule has 3 heterocycles. The Kier molecular flexibility index (Phi) is 6.20. The number of carbonyl (C=O) groups excluding carboxylic acids is 2. The summed E-state index contributed by atoms with van der Waals surface area (Å²) in [6.45, 7) is 4.42. The van der Waals surface area contributed by atoms with E-state index in [9.17, 15) is 14.7 Å². The van der Waals surface area contributed by atoms with Crippen molar-refractivity contribution < 1.29 is 24.2 Å². The number of amides is 1. The number of hydrogen-bond acceptors (Lipinski definition) is 7. The molecule has 0 saturated carbocycles. The molecule has 7 nitrogen and oxygen atoms in total. The zero-order chi connectivity index (χ0) is 26.6. The molecule has 2 aliphatic rings. The Morgan fingerprint density at radius 2 is 1.95 bits per heavy atom. The van der Waals surface area contributed by atoms with Crippen LogP contribution in [0.5, 0.6) is 11.5 Å². The zero-order valence-electron chi connectivity index (χ0n) is 20.6. The first-order valence-corrected chi connectivity index (χ1v) is 13.8. The third kappa shape index (κ3) is 4.16. The van der Waals surface area contributed by atoms with Crippen LogP contribution >= 0.6 is 27.3 Å². The lowest BCUT2D eigenvalue weighted by molar-refractivity contribution is -0.132. The Bertz CT molecular complexity index is 1630. The van der Waals surface area contributed by atoms with Crippen molar-refractivity contribution in [1.29, 1.82) is 0 Å². The fourth-order valence-electron chi connectivity index (χ4n) is 4.97. The molecular weight excluding hydrogens is 568 g/mol. The summed E-state index contributed by atoms with van der Waals surface area (Å²) < 4.78 is 13.1. The van der Waals surface area contributed by atoms with Crippen molar-refractivity contribution in [1.82, 2.24) is 4.98 Å². The second-order valence-corrected chi connectivity index (χ2v) is 11.2. The molecule has 2 aliphatic heterocycles. The summed E-state index contributed by atoms with van der Waals surface area (Å²) in [5.41, 5.74) is 2.82. The Labute approximate surface area is 231 Å². The summed E-state index contributed by atoms with van der Waals surface area (Å²) in [4.78, 5) is 33.1. The van der Waals surface area contributed by atoms with E-state index in [0.29, 0.717) is 40.6 Å². The first kappa shape index (κ1) is 24.6. The van der Waals surface area contributed by atoms with E-state index in [2.05, 4.69) is 20.9 Å². The number of fused-ring (bicyclic) bond motifs is 2. The van der Waals surface area contributed by atoms with Crippen LogP contribution in [0.3, 0.4) is 0 Å². The zero-order valence-corrected chi connectivity index (χ0v) is 23.0. The molecule has 3 aromatic carbocycles. The highest BCUT2D eigenvalue weighted by Gasteiger charge is 2.48. The number of ether oxygens (including phenoxy) is 2. The predicted octanol–water partition coefficient (Wildman–Crippen LogP) is 6.41. The maximum Gasteiger partial charge on any atom is 0.301 e. The molecule has 1 N–H and O–H groups in total. The van der Waals surface area contributed by atoms with Gasteiger partial charge < -0.3 is 14.6 Å². The highest BCUT2D eigenvalue weighted by atomic mass is 79.9. The number of benzene rings is 3. The highest BCUT2D eigenvalue weighted by molar-refractivity contribution is 9.10. The number of anilines is 1. The fourth-order valence-corrected chi connectivity index (χ4v) is 6.25. The number of hydrogen-bond donors (Lipinski definition) is 1. The summed E-state index contributed by atoms with van der Waals surface area (Å²) in [7, 11) is 0. The van der Waals surface area contributed by atoms with Crippen molar-refractivity contribution in [2.45, 2.75) is 32.4 Å². The van der Waals surface area contributed by atoms with Gasteiger partial charge in [0.15, 0.2) is 5.13 Å². The third-order valence-corrected chi connectivity index (χ3v) is 8.21. The summed E-state index contributed by atoms with van der Waals surface area (Å²) >= 11 is 4.75. The number of aliphatic hydroxyl groups excluding tert-OH is 1. The van der Waals surface area contributed by atoms with Crippen LogP contribution in [0.4, 0.5) is 5.13 Å². The number of thiazole rings is 1. The van der Waals surface area contributed by atoms with Crippen LogP contribution in [0.2, 0.25) is 0 Å². The van der Waals surface area contributed by atoms with Crippen LogP contribution in [-0.2, 0) is 16.0 Å². The molecular formula is C29H23BrN2O5S. The topological polar surface area (TPSA) is 89.0 Å². The van der Waals surface area contributed by atoms with Crippen LogP contribution in [-0.4, -0.2) is 34.5 Å². The number of ketones is 1. The van der Waals surface area contributed by atoms with Gasteiger partial charge in [-0.3, -0.25) is 14.5 Å². The van der Waals surface area contributed by atoms with E-state index in [1.165, 1.54) is 16.2 Å². The first-order valence-electron chi connectivity index (χ1n) is 12.2. The normalized spacial score (nSPS) is 20.1. The second kappa shape index (κ2) is 9.56. The van der Waals surface area contributed by atoms with Crippen molar-refractivity contribution >= 4 is 60.1 Å². The first-order chi connectivity index (χ1) is 18.3. The third-order valence-electron chi connectivity index (χ3n) is 6.67. The van der Waals surface area contributed by atoms with E-state index in [-0.39, 0.29) is 17.4 Å². The van der Waals surface area contributed by atoms with Gasteiger partial charge in [-0.25, -0.2) is 4.98 Å². The largest absolute Gasteiger partial charge is 0.507 e. The van der Waals surface area contributed by atoms with Crippen LogP contribution in [0.25, 0.3) is 16.0 Å². The number of aliphatic hydroxyl groups is 1. The van der Waals surface area contributed by atoms with Crippen molar-refractivity contribution in [2.24, 2.45) is 0 Å². The Morgan fingerprint density at radius 3 is 2.71 bits per heavy atom. The second-order valence-electron chi connectivity index (χ2n) is 9.23. The SMILES string of the molecule is CCOc1ccc2nc(N3C(=O)C(=O)/C(=C(/O)c4ccc5c(c4)CC(C)O5)C3c3ccc(Br)cc3)sc2c1.